The number of aromatic nitrogens is 2. The second-order valence-corrected chi connectivity index (χ2v) is 5.59. The predicted molar refractivity (Wildman–Crippen MR) is 92.7 cm³/mol. The Kier molecular flexibility index (Phi) is 4.66. The third-order valence-corrected chi connectivity index (χ3v) is 3.98. The number of benzene rings is 2. The Labute approximate surface area is 145 Å². The second kappa shape index (κ2) is 7.05. The van der Waals surface area contributed by atoms with Crippen LogP contribution in [0.2, 0.25) is 0 Å². The molecule has 25 heavy (non-hydrogen) atoms. The molecule has 0 saturated carbocycles. The quantitative estimate of drug-likeness (QED) is 0.776. The van der Waals surface area contributed by atoms with E-state index in [1.165, 1.54) is 6.07 Å². The van der Waals surface area contributed by atoms with Crippen molar-refractivity contribution in [3.63, 3.8) is 0 Å². The van der Waals surface area contributed by atoms with Gasteiger partial charge in [0.15, 0.2) is 0 Å². The van der Waals surface area contributed by atoms with Crippen molar-refractivity contribution in [3.8, 4) is 11.8 Å². The van der Waals surface area contributed by atoms with Crippen molar-refractivity contribution in [1.82, 2.24) is 9.78 Å². The molecule has 0 spiro atoms. The summed E-state index contributed by atoms with van der Waals surface area (Å²) in [6.45, 7) is 0.418. The summed E-state index contributed by atoms with van der Waals surface area (Å²) in [6.07, 6.45) is 0.218. The Morgan fingerprint density at radius 2 is 1.92 bits per heavy atom. The summed E-state index contributed by atoms with van der Waals surface area (Å²) < 4.78 is 20.6. The monoisotopic (exact) mass is 336 g/mol. The Balaban J connectivity index is 1.89. The van der Waals surface area contributed by atoms with Crippen LogP contribution in [-0.4, -0.2) is 16.9 Å². The first kappa shape index (κ1) is 16.5. The molecule has 126 valence electrons. The summed E-state index contributed by atoms with van der Waals surface area (Å²) in [7, 11) is 1.61. The van der Waals surface area contributed by atoms with Crippen molar-refractivity contribution in [2.45, 2.75) is 13.0 Å². The van der Waals surface area contributed by atoms with Crippen LogP contribution in [0.1, 0.15) is 22.4 Å². The van der Waals surface area contributed by atoms with Gasteiger partial charge in [0.05, 0.1) is 19.3 Å². The molecule has 0 fully saturated rings. The Hall–Kier alpha value is -3.33. The molecule has 0 aliphatic rings. The summed E-state index contributed by atoms with van der Waals surface area (Å²) >= 11 is 0. The molecule has 0 radical (unpaired) electrons. The fourth-order valence-electron chi connectivity index (χ4n) is 2.62. The molecule has 2 aromatic carbocycles. The van der Waals surface area contributed by atoms with Gasteiger partial charge in [-0.15, -0.1) is 0 Å². The molecule has 0 atom stereocenters. The van der Waals surface area contributed by atoms with Crippen LogP contribution in [0.15, 0.2) is 48.5 Å². The maximum Gasteiger partial charge on any atom is 0.140 e. The minimum Gasteiger partial charge on any atom is -0.497 e. The average molecular weight is 336 g/mol. The number of nitrogens with zero attached hydrogens (tertiary/aromatic N) is 3. The van der Waals surface area contributed by atoms with E-state index in [2.05, 4.69) is 11.2 Å². The van der Waals surface area contributed by atoms with Gasteiger partial charge >= 0.3 is 0 Å². The molecule has 2 N–H and O–H groups in total. The number of methoxy groups -OCH3 is 1. The van der Waals surface area contributed by atoms with Crippen molar-refractivity contribution in [3.05, 3.63) is 76.7 Å². The van der Waals surface area contributed by atoms with Crippen LogP contribution in [0.5, 0.6) is 5.75 Å². The lowest BCUT2D eigenvalue weighted by atomic mass is 10.1. The van der Waals surface area contributed by atoms with Gasteiger partial charge in [0.1, 0.15) is 29.0 Å². The number of nitrogen functional groups attached to an aromatic ring is 1. The standard InChI is InChI=1S/C19H17FN4O/c1-25-15-8-6-13(7-9-15)12-24-19(22)16(11-21)18(23-24)10-14-4-2-3-5-17(14)20/h2-9H,10,12,22H2,1H3. The lowest BCUT2D eigenvalue weighted by Crippen LogP contribution is -2.06. The van der Waals surface area contributed by atoms with Gasteiger partial charge in [0, 0.05) is 6.42 Å². The molecule has 0 saturated heterocycles. The SMILES string of the molecule is COc1ccc(Cn2nc(Cc3ccccc3F)c(C#N)c2N)cc1. The highest BCUT2D eigenvalue weighted by Gasteiger charge is 2.17. The van der Waals surface area contributed by atoms with Crippen molar-refractivity contribution in [2.24, 2.45) is 0 Å². The molecule has 3 rings (SSSR count). The highest BCUT2D eigenvalue weighted by molar-refractivity contribution is 5.53. The topological polar surface area (TPSA) is 76.9 Å². The minimum absolute atomic E-state index is 0.218. The average Bonchev–Trinajstić information content (AvgIpc) is 2.92. The molecular formula is C19H17FN4O. The Bertz CT molecular complexity index is 926. The molecule has 5 nitrogen and oxygen atoms in total. The molecule has 3 aromatic rings. The van der Waals surface area contributed by atoms with Crippen LogP contribution in [0.25, 0.3) is 0 Å². The number of anilines is 1. The van der Waals surface area contributed by atoms with Crippen LogP contribution in [0.4, 0.5) is 10.2 Å². The number of nitrogens with two attached hydrogens (primary N) is 1. The van der Waals surface area contributed by atoms with Crippen LogP contribution in [0, 0.1) is 17.1 Å². The van der Waals surface area contributed by atoms with E-state index < -0.39 is 0 Å². The van der Waals surface area contributed by atoms with Crippen LogP contribution in [-0.2, 0) is 13.0 Å². The maximum atomic E-state index is 13.9. The van der Waals surface area contributed by atoms with Gasteiger partial charge in [-0.25, -0.2) is 9.07 Å². The predicted octanol–water partition coefficient (Wildman–Crippen LogP) is 3.12. The first-order chi connectivity index (χ1) is 12.1. The van der Waals surface area contributed by atoms with E-state index in [0.717, 1.165) is 11.3 Å². The smallest absolute Gasteiger partial charge is 0.140 e. The second-order valence-electron chi connectivity index (χ2n) is 5.59. The maximum absolute atomic E-state index is 13.9. The summed E-state index contributed by atoms with van der Waals surface area (Å²) in [4.78, 5) is 0. The number of nitriles is 1. The van der Waals surface area contributed by atoms with E-state index in [1.54, 1.807) is 30.0 Å². The first-order valence-corrected chi connectivity index (χ1v) is 7.74. The molecule has 0 bridgehead atoms. The molecule has 0 amide bonds. The van der Waals surface area contributed by atoms with E-state index in [9.17, 15) is 9.65 Å². The van der Waals surface area contributed by atoms with E-state index in [1.807, 2.05) is 24.3 Å². The number of ether oxygens (including phenoxy) is 1. The zero-order valence-electron chi connectivity index (χ0n) is 13.7. The third kappa shape index (κ3) is 3.45. The number of rotatable bonds is 5. The third-order valence-electron chi connectivity index (χ3n) is 3.98. The lowest BCUT2D eigenvalue weighted by Gasteiger charge is -2.05. The first-order valence-electron chi connectivity index (χ1n) is 7.74. The lowest BCUT2D eigenvalue weighted by molar-refractivity contribution is 0.414. The zero-order chi connectivity index (χ0) is 17.8. The molecule has 6 heteroatoms. The molecule has 0 unspecified atom stereocenters. The van der Waals surface area contributed by atoms with Gasteiger partial charge in [-0.2, -0.15) is 10.4 Å². The van der Waals surface area contributed by atoms with Gasteiger partial charge in [-0.05, 0) is 29.3 Å². The summed E-state index contributed by atoms with van der Waals surface area (Å²) in [6, 6.07) is 16.0. The number of halogens is 1. The normalized spacial score (nSPS) is 10.4. The van der Waals surface area contributed by atoms with E-state index in [0.29, 0.717) is 17.8 Å². The van der Waals surface area contributed by atoms with Gasteiger partial charge in [-0.1, -0.05) is 30.3 Å². The van der Waals surface area contributed by atoms with Crippen molar-refractivity contribution >= 4 is 5.82 Å². The molecule has 0 aliphatic heterocycles. The van der Waals surface area contributed by atoms with E-state index in [4.69, 9.17) is 10.5 Å². The van der Waals surface area contributed by atoms with Gasteiger partial charge in [0.25, 0.3) is 0 Å². The zero-order valence-corrected chi connectivity index (χ0v) is 13.7. The fourth-order valence-corrected chi connectivity index (χ4v) is 2.62. The van der Waals surface area contributed by atoms with Crippen molar-refractivity contribution < 1.29 is 9.13 Å². The molecular weight excluding hydrogens is 319 g/mol. The Morgan fingerprint density at radius 1 is 1.20 bits per heavy atom. The molecule has 1 aromatic heterocycles. The number of hydrogen-bond acceptors (Lipinski definition) is 4. The van der Waals surface area contributed by atoms with E-state index >= 15 is 0 Å². The van der Waals surface area contributed by atoms with Gasteiger partial charge < -0.3 is 10.5 Å². The van der Waals surface area contributed by atoms with E-state index in [-0.39, 0.29) is 23.6 Å². The fraction of sp³-hybridized carbons (Fsp3) is 0.158. The number of hydrogen-bond donors (Lipinski definition) is 1. The Morgan fingerprint density at radius 3 is 2.56 bits per heavy atom. The van der Waals surface area contributed by atoms with Crippen LogP contribution < -0.4 is 10.5 Å². The highest BCUT2D eigenvalue weighted by atomic mass is 19.1. The van der Waals surface area contributed by atoms with Crippen molar-refractivity contribution in [2.75, 3.05) is 12.8 Å². The summed E-state index contributed by atoms with van der Waals surface area (Å²) in [5.41, 5.74) is 8.28. The minimum atomic E-state index is -0.324. The molecule has 1 heterocycles. The van der Waals surface area contributed by atoms with Gasteiger partial charge in [-0.3, -0.25) is 0 Å². The molecule has 0 aliphatic carbocycles. The summed E-state index contributed by atoms with van der Waals surface area (Å²) in [5, 5.41) is 13.8. The largest absolute Gasteiger partial charge is 0.497 e. The van der Waals surface area contributed by atoms with Gasteiger partial charge in [0.2, 0.25) is 0 Å². The van der Waals surface area contributed by atoms with Crippen LogP contribution in [0.3, 0.4) is 0 Å². The highest BCUT2D eigenvalue weighted by Crippen LogP contribution is 2.22. The van der Waals surface area contributed by atoms with Crippen molar-refractivity contribution in [1.29, 1.82) is 5.26 Å². The summed E-state index contributed by atoms with van der Waals surface area (Å²) in [5.74, 6) is 0.717. The van der Waals surface area contributed by atoms with Crippen LogP contribution >= 0.6 is 0 Å².